The maximum absolute atomic E-state index is 5.36. The summed E-state index contributed by atoms with van der Waals surface area (Å²) in [5, 5.41) is 0. The van der Waals surface area contributed by atoms with Crippen LogP contribution in [-0.2, 0) is 4.74 Å². The summed E-state index contributed by atoms with van der Waals surface area (Å²) in [7, 11) is 0. The molecule has 1 fully saturated rings. The third-order valence-electron chi connectivity index (χ3n) is 2.69. The summed E-state index contributed by atoms with van der Waals surface area (Å²) in [6.07, 6.45) is 8.46. The van der Waals surface area contributed by atoms with Crippen LogP contribution in [0.3, 0.4) is 0 Å². The predicted octanol–water partition coefficient (Wildman–Crippen LogP) is 1.23. The molecule has 0 N–H and O–H groups in total. The lowest BCUT2D eigenvalue weighted by Crippen LogP contribution is -1.98. The van der Waals surface area contributed by atoms with E-state index in [2.05, 4.69) is 9.97 Å². The average molecular weight is 189 g/mol. The normalized spacial score (nSPS) is 21.9. The van der Waals surface area contributed by atoms with Crippen molar-refractivity contribution in [1.29, 1.82) is 0 Å². The molecular formula is C10H11N3O. The number of ether oxygens (including phenoxy) is 1. The maximum Gasteiger partial charge on any atom is 0.0996 e. The maximum atomic E-state index is 5.36. The Kier molecular flexibility index (Phi) is 1.73. The van der Waals surface area contributed by atoms with Crippen LogP contribution >= 0.6 is 0 Å². The molecule has 1 aliphatic rings. The fourth-order valence-corrected chi connectivity index (χ4v) is 1.93. The van der Waals surface area contributed by atoms with Gasteiger partial charge in [0, 0.05) is 24.9 Å². The van der Waals surface area contributed by atoms with Gasteiger partial charge in [-0.3, -0.25) is 4.98 Å². The number of rotatable bonds is 1. The van der Waals surface area contributed by atoms with Gasteiger partial charge in [-0.2, -0.15) is 0 Å². The van der Waals surface area contributed by atoms with E-state index in [1.54, 1.807) is 6.20 Å². The summed E-state index contributed by atoms with van der Waals surface area (Å²) < 4.78 is 7.36. The van der Waals surface area contributed by atoms with Crippen molar-refractivity contribution in [2.24, 2.45) is 0 Å². The minimum Gasteiger partial charge on any atom is -0.381 e. The first-order chi connectivity index (χ1) is 6.95. The van der Waals surface area contributed by atoms with Crippen LogP contribution in [0.4, 0.5) is 0 Å². The monoisotopic (exact) mass is 189 g/mol. The van der Waals surface area contributed by atoms with E-state index in [0.717, 1.165) is 30.8 Å². The summed E-state index contributed by atoms with van der Waals surface area (Å²) in [5.74, 6) is 0.448. The predicted molar refractivity (Wildman–Crippen MR) is 51.2 cm³/mol. The molecule has 14 heavy (non-hydrogen) atoms. The molecule has 0 saturated carbocycles. The second-order valence-corrected chi connectivity index (χ2v) is 3.56. The molecule has 4 heteroatoms. The molecule has 0 spiro atoms. The van der Waals surface area contributed by atoms with E-state index in [9.17, 15) is 0 Å². The zero-order valence-corrected chi connectivity index (χ0v) is 7.76. The average Bonchev–Trinajstić information content (AvgIpc) is 2.85. The highest BCUT2D eigenvalue weighted by Crippen LogP contribution is 2.26. The lowest BCUT2D eigenvalue weighted by molar-refractivity contribution is 0.193. The minimum atomic E-state index is 0.448. The number of aromatic nitrogens is 3. The van der Waals surface area contributed by atoms with Crippen molar-refractivity contribution >= 4 is 5.52 Å². The van der Waals surface area contributed by atoms with E-state index in [-0.39, 0.29) is 0 Å². The zero-order chi connectivity index (χ0) is 9.38. The smallest absolute Gasteiger partial charge is 0.0996 e. The first-order valence-corrected chi connectivity index (χ1v) is 4.79. The van der Waals surface area contributed by atoms with E-state index in [0.29, 0.717) is 5.92 Å². The molecule has 3 heterocycles. The Balaban J connectivity index is 2.11. The molecule has 4 nitrogen and oxygen atoms in total. The molecule has 0 bridgehead atoms. The lowest BCUT2D eigenvalue weighted by Gasteiger charge is -2.03. The summed E-state index contributed by atoms with van der Waals surface area (Å²) in [6, 6.07) is 0. The SMILES string of the molecule is c1cn2cnc(C3CCOC3)c2cn1. The molecule has 72 valence electrons. The molecule has 1 aliphatic heterocycles. The molecule has 0 amide bonds. The van der Waals surface area contributed by atoms with Gasteiger partial charge in [0.25, 0.3) is 0 Å². The zero-order valence-electron chi connectivity index (χ0n) is 7.76. The van der Waals surface area contributed by atoms with E-state index in [4.69, 9.17) is 4.74 Å². The summed E-state index contributed by atoms with van der Waals surface area (Å²) in [4.78, 5) is 8.54. The van der Waals surface area contributed by atoms with Crippen LogP contribution in [0, 0.1) is 0 Å². The second kappa shape index (κ2) is 3.06. The fourth-order valence-electron chi connectivity index (χ4n) is 1.93. The van der Waals surface area contributed by atoms with Crippen LogP contribution in [0.15, 0.2) is 24.9 Å². The summed E-state index contributed by atoms with van der Waals surface area (Å²) >= 11 is 0. The van der Waals surface area contributed by atoms with Crippen LogP contribution in [-0.4, -0.2) is 27.6 Å². The van der Waals surface area contributed by atoms with E-state index < -0.39 is 0 Å². The molecule has 0 aliphatic carbocycles. The topological polar surface area (TPSA) is 39.4 Å². The third-order valence-corrected chi connectivity index (χ3v) is 2.69. The van der Waals surface area contributed by atoms with Crippen LogP contribution < -0.4 is 0 Å². The van der Waals surface area contributed by atoms with Gasteiger partial charge in [0.05, 0.1) is 30.3 Å². The van der Waals surface area contributed by atoms with Crippen LogP contribution in [0.1, 0.15) is 18.0 Å². The van der Waals surface area contributed by atoms with Gasteiger partial charge < -0.3 is 9.14 Å². The Hall–Kier alpha value is -1.42. The van der Waals surface area contributed by atoms with Crippen molar-refractivity contribution in [2.75, 3.05) is 13.2 Å². The number of hydrogen-bond acceptors (Lipinski definition) is 3. The molecule has 1 unspecified atom stereocenters. The van der Waals surface area contributed by atoms with Gasteiger partial charge in [0.2, 0.25) is 0 Å². The van der Waals surface area contributed by atoms with Crippen molar-refractivity contribution in [3.05, 3.63) is 30.6 Å². The highest BCUT2D eigenvalue weighted by molar-refractivity contribution is 5.51. The Morgan fingerprint density at radius 2 is 2.50 bits per heavy atom. The molecule has 2 aromatic heterocycles. The molecule has 2 aromatic rings. The first-order valence-electron chi connectivity index (χ1n) is 4.79. The largest absolute Gasteiger partial charge is 0.381 e. The summed E-state index contributed by atoms with van der Waals surface area (Å²) in [5.41, 5.74) is 2.22. The number of fused-ring (bicyclic) bond motifs is 1. The quantitative estimate of drug-likeness (QED) is 0.677. The summed E-state index contributed by atoms with van der Waals surface area (Å²) in [6.45, 7) is 1.64. The molecule has 1 saturated heterocycles. The Morgan fingerprint density at radius 1 is 1.50 bits per heavy atom. The molecule has 0 aromatic carbocycles. The van der Waals surface area contributed by atoms with Gasteiger partial charge >= 0.3 is 0 Å². The van der Waals surface area contributed by atoms with Gasteiger partial charge in [-0.05, 0) is 6.42 Å². The molecular weight excluding hydrogens is 178 g/mol. The van der Waals surface area contributed by atoms with Gasteiger partial charge in [-0.15, -0.1) is 0 Å². The van der Waals surface area contributed by atoms with Gasteiger partial charge in [0.15, 0.2) is 0 Å². The third kappa shape index (κ3) is 1.11. The van der Waals surface area contributed by atoms with E-state index >= 15 is 0 Å². The molecule has 0 radical (unpaired) electrons. The Bertz CT molecular complexity index is 445. The lowest BCUT2D eigenvalue weighted by atomic mass is 10.0. The minimum absolute atomic E-state index is 0.448. The van der Waals surface area contributed by atoms with Gasteiger partial charge in [-0.25, -0.2) is 4.98 Å². The van der Waals surface area contributed by atoms with Gasteiger partial charge in [0.1, 0.15) is 0 Å². The first kappa shape index (κ1) is 7.94. The number of hydrogen-bond donors (Lipinski definition) is 0. The van der Waals surface area contributed by atoms with Crippen LogP contribution in [0.25, 0.3) is 5.52 Å². The Morgan fingerprint density at radius 3 is 3.36 bits per heavy atom. The van der Waals surface area contributed by atoms with Crippen molar-refractivity contribution in [1.82, 2.24) is 14.4 Å². The van der Waals surface area contributed by atoms with E-state index in [1.165, 1.54) is 0 Å². The number of imidazole rings is 1. The number of nitrogens with zero attached hydrogens (tertiary/aromatic N) is 3. The highest BCUT2D eigenvalue weighted by atomic mass is 16.5. The van der Waals surface area contributed by atoms with Crippen molar-refractivity contribution < 1.29 is 4.74 Å². The Labute approximate surface area is 81.6 Å². The molecule has 3 rings (SSSR count). The fraction of sp³-hybridized carbons (Fsp3) is 0.400. The van der Waals surface area contributed by atoms with Crippen molar-refractivity contribution in [2.45, 2.75) is 12.3 Å². The van der Waals surface area contributed by atoms with Crippen molar-refractivity contribution in [3.8, 4) is 0 Å². The second-order valence-electron chi connectivity index (χ2n) is 3.56. The van der Waals surface area contributed by atoms with Gasteiger partial charge in [-0.1, -0.05) is 0 Å². The highest BCUT2D eigenvalue weighted by Gasteiger charge is 2.21. The van der Waals surface area contributed by atoms with E-state index in [1.807, 2.05) is 23.1 Å². The molecule has 1 atom stereocenters. The standard InChI is InChI=1S/C10H11N3O/c1-4-14-6-8(1)10-9-5-11-2-3-13(9)7-12-10/h2-3,5,7-8H,1,4,6H2. The van der Waals surface area contributed by atoms with Crippen molar-refractivity contribution in [3.63, 3.8) is 0 Å². The van der Waals surface area contributed by atoms with Crippen LogP contribution in [0.5, 0.6) is 0 Å². The van der Waals surface area contributed by atoms with Crippen LogP contribution in [0.2, 0.25) is 0 Å².